The quantitative estimate of drug-likeness (QED) is 0.0903. The average Bonchev–Trinajstić information content (AvgIpc) is 1.66. The normalized spacial score (nSPS) is 12.0. The molecule has 0 unspecified atom stereocenters. The molecule has 0 aliphatic rings. The van der Waals surface area contributed by atoms with Gasteiger partial charge in [-0.05, 0) is 84.0 Å². The van der Waals surface area contributed by atoms with Gasteiger partial charge >= 0.3 is 0 Å². The van der Waals surface area contributed by atoms with Crippen molar-refractivity contribution < 1.29 is 0 Å². The third-order valence-corrected chi connectivity index (χ3v) is 28.1. The molecule has 7 heteroatoms. The summed E-state index contributed by atoms with van der Waals surface area (Å²) < 4.78 is 7.17. The Balaban J connectivity index is 0.974. The largest absolute Gasteiger partial charge is 0.309 e. The van der Waals surface area contributed by atoms with Crippen molar-refractivity contribution in [3.05, 3.63) is 346 Å². The Hall–Kier alpha value is -11.2. The fraction of sp³-hybridized carbons (Fsp3) is 0. The highest BCUT2D eigenvalue weighted by molar-refractivity contribution is 7.20. The van der Waals surface area contributed by atoms with Crippen LogP contribution in [-0.2, 0) is 0 Å². The second kappa shape index (κ2) is 21.3. The molecular weight excluding hydrogens is 1110 g/mol. The Morgan fingerprint density at radius 1 is 0.236 bits per heavy atom. The van der Waals surface area contributed by atoms with E-state index in [0.29, 0.717) is 5.95 Å². The summed E-state index contributed by atoms with van der Waals surface area (Å²) in [6, 6.07) is 128. The number of rotatable bonds is 12. The Labute approximate surface area is 518 Å². The lowest BCUT2D eigenvalue weighted by Gasteiger charge is -2.34. The van der Waals surface area contributed by atoms with Crippen LogP contribution in [0.3, 0.4) is 0 Å². The first-order chi connectivity index (χ1) is 44.2. The van der Waals surface area contributed by atoms with E-state index in [4.69, 9.17) is 9.97 Å². The van der Waals surface area contributed by atoms with Crippen LogP contribution in [0.1, 0.15) is 0 Å². The van der Waals surface area contributed by atoms with Crippen LogP contribution in [0.15, 0.2) is 346 Å². The molecule has 4 heterocycles. The Morgan fingerprint density at radius 2 is 0.607 bits per heavy atom. The molecule has 13 aromatic carbocycles. The fourth-order valence-corrected chi connectivity index (χ4v) is 24.3. The number of para-hydroxylation sites is 4. The van der Waals surface area contributed by atoms with Gasteiger partial charge in [-0.1, -0.05) is 297 Å². The van der Waals surface area contributed by atoms with E-state index in [1.54, 1.807) is 0 Å². The maximum atomic E-state index is 5.96. The molecule has 0 bridgehead atoms. The molecule has 0 spiro atoms. The summed E-state index contributed by atoms with van der Waals surface area (Å²) in [7, 11) is -5.84. The van der Waals surface area contributed by atoms with Crippen molar-refractivity contribution in [2.45, 2.75) is 0 Å². The second-order valence-electron chi connectivity index (χ2n) is 23.2. The predicted octanol–water partition coefficient (Wildman–Crippen LogP) is 14.2. The summed E-state index contributed by atoms with van der Waals surface area (Å²) in [5.74, 6) is 1.36. The molecule has 0 fully saturated rings. The Bertz CT molecular complexity index is 5270. The minimum Gasteiger partial charge on any atom is -0.309 e. The van der Waals surface area contributed by atoms with Gasteiger partial charge in [0.25, 0.3) is 0 Å². The van der Waals surface area contributed by atoms with Crippen molar-refractivity contribution in [2.75, 3.05) is 0 Å². The molecule has 0 aliphatic heterocycles. The minimum atomic E-state index is -2.98. The van der Waals surface area contributed by atoms with Crippen molar-refractivity contribution >= 4 is 123 Å². The van der Waals surface area contributed by atoms with E-state index in [1.165, 1.54) is 41.5 Å². The molecule has 5 nitrogen and oxygen atoms in total. The van der Waals surface area contributed by atoms with Crippen LogP contribution in [-0.4, -0.2) is 39.8 Å². The summed E-state index contributed by atoms with van der Waals surface area (Å²) in [6.45, 7) is 0. The lowest BCUT2D eigenvalue weighted by Crippen LogP contribution is -2.74. The van der Waals surface area contributed by atoms with Crippen LogP contribution in [0.4, 0.5) is 0 Å². The van der Waals surface area contributed by atoms with Gasteiger partial charge < -0.3 is 4.57 Å². The van der Waals surface area contributed by atoms with Gasteiger partial charge in [-0.2, -0.15) is 4.98 Å². The van der Waals surface area contributed by atoms with Gasteiger partial charge in [-0.15, -0.1) is 0 Å². The van der Waals surface area contributed by atoms with Gasteiger partial charge in [0.1, 0.15) is 5.82 Å². The summed E-state index contributed by atoms with van der Waals surface area (Å²) in [5, 5.41) is 17.4. The van der Waals surface area contributed by atoms with Crippen LogP contribution < -0.4 is 41.5 Å². The summed E-state index contributed by atoms with van der Waals surface area (Å²) in [6.07, 6.45) is 0. The van der Waals surface area contributed by atoms with Gasteiger partial charge in [0.2, 0.25) is 5.95 Å². The molecule has 0 N–H and O–H groups in total. The summed E-state index contributed by atoms with van der Waals surface area (Å²) in [4.78, 5) is 11.8. The fourth-order valence-electron chi connectivity index (χ4n) is 14.8. The van der Waals surface area contributed by atoms with Gasteiger partial charge in [-0.3, -0.25) is 9.13 Å². The van der Waals surface area contributed by atoms with Gasteiger partial charge in [0, 0.05) is 49.6 Å². The summed E-state index contributed by atoms with van der Waals surface area (Å²) >= 11 is 0. The maximum Gasteiger partial charge on any atom is 0.237 e. The molecule has 0 atom stereocenters. The second-order valence-corrected chi connectivity index (χ2v) is 30.8. The standard InChI is InChI=1S/C82H57N5Si2/c1-8-28-59(29-9-1)85-76-47-27-24-44-72(76)80-77(85)55-54-71-69-43-23-26-46-75(69)87(81(71)80)82-83-73(58-48-50-66(51-49-58)88(60-30-10-2-11-31-60,61-32-12-3-13-33-61)62-34-14-4-15-35-62)57-79(84-82)86-74-45-25-22-42-68(74)70-53-52-67(56-78(70)86)89(63-36-16-5-17-37-63,64-38-18-6-19-39-64)65-40-20-7-21-41-65/h1-57H. The van der Waals surface area contributed by atoms with E-state index in [9.17, 15) is 0 Å². The van der Waals surface area contributed by atoms with Crippen molar-refractivity contribution in [3.8, 4) is 28.7 Å². The SMILES string of the molecule is c1ccc(-n2c3ccccc3c3c2ccc2c4ccccc4n(-c4nc(-c5ccc([Si](c6ccccc6)(c6ccccc6)c6ccccc6)cc5)cc(-n5c6ccccc6c6ccc([Si](c7ccccc7)(c7ccccc7)c7ccccc7)cc65)n4)c23)cc1. The highest BCUT2D eigenvalue weighted by atomic mass is 28.3. The van der Waals surface area contributed by atoms with Crippen molar-refractivity contribution in [1.82, 2.24) is 23.7 Å². The lowest BCUT2D eigenvalue weighted by molar-refractivity contribution is 0.954. The van der Waals surface area contributed by atoms with Gasteiger partial charge in [0.05, 0.1) is 38.8 Å². The minimum absolute atomic E-state index is 0.585. The van der Waals surface area contributed by atoms with Crippen molar-refractivity contribution in [2.24, 2.45) is 0 Å². The first kappa shape index (κ1) is 52.1. The van der Waals surface area contributed by atoms with Crippen LogP contribution in [0.5, 0.6) is 0 Å². The molecule has 17 aromatic rings. The van der Waals surface area contributed by atoms with E-state index in [2.05, 4.69) is 359 Å². The summed E-state index contributed by atoms with van der Waals surface area (Å²) in [5.41, 5.74) is 9.40. The first-order valence-electron chi connectivity index (χ1n) is 30.6. The molecule has 0 radical (unpaired) electrons. The van der Waals surface area contributed by atoms with Crippen LogP contribution >= 0.6 is 0 Å². The van der Waals surface area contributed by atoms with Crippen LogP contribution in [0, 0.1) is 0 Å². The zero-order valence-electron chi connectivity index (χ0n) is 48.6. The van der Waals surface area contributed by atoms with Gasteiger partial charge in [-0.25, -0.2) is 4.98 Å². The molecule has 0 saturated carbocycles. The Kier molecular flexibility index (Phi) is 12.5. The van der Waals surface area contributed by atoms with Crippen molar-refractivity contribution in [1.29, 1.82) is 0 Å². The monoisotopic (exact) mass is 1170 g/mol. The highest BCUT2D eigenvalue weighted by Gasteiger charge is 2.43. The molecule has 418 valence electrons. The number of hydrogen-bond acceptors (Lipinski definition) is 2. The highest BCUT2D eigenvalue weighted by Crippen LogP contribution is 2.42. The lowest BCUT2D eigenvalue weighted by atomic mass is 10.1. The zero-order chi connectivity index (χ0) is 58.9. The van der Waals surface area contributed by atoms with Crippen LogP contribution in [0.25, 0.3) is 94.1 Å². The molecule has 4 aromatic heterocycles. The zero-order valence-corrected chi connectivity index (χ0v) is 50.6. The predicted molar refractivity (Wildman–Crippen MR) is 378 cm³/mol. The van der Waals surface area contributed by atoms with E-state index >= 15 is 0 Å². The van der Waals surface area contributed by atoms with Gasteiger partial charge in [0.15, 0.2) is 16.1 Å². The number of aromatic nitrogens is 5. The molecular formula is C82H57N5Si2. The number of fused-ring (bicyclic) bond motifs is 10. The smallest absolute Gasteiger partial charge is 0.237 e. The molecule has 17 rings (SSSR count). The van der Waals surface area contributed by atoms with E-state index in [-0.39, 0.29) is 0 Å². The van der Waals surface area contributed by atoms with Crippen molar-refractivity contribution in [3.63, 3.8) is 0 Å². The van der Waals surface area contributed by atoms with E-state index in [1.807, 2.05) is 0 Å². The molecule has 0 aliphatic carbocycles. The van der Waals surface area contributed by atoms with E-state index in [0.717, 1.165) is 88.2 Å². The Morgan fingerprint density at radius 3 is 1.11 bits per heavy atom. The first-order valence-corrected chi connectivity index (χ1v) is 34.6. The number of benzene rings is 13. The third kappa shape index (κ3) is 8.13. The van der Waals surface area contributed by atoms with Crippen LogP contribution in [0.2, 0.25) is 0 Å². The van der Waals surface area contributed by atoms with E-state index < -0.39 is 16.1 Å². The average molecular weight is 1170 g/mol. The number of nitrogens with zero attached hydrogens (tertiary/aromatic N) is 5. The third-order valence-electron chi connectivity index (χ3n) is 18.6. The molecule has 89 heavy (non-hydrogen) atoms. The maximum absolute atomic E-state index is 5.96. The molecule has 0 saturated heterocycles. The topological polar surface area (TPSA) is 40.6 Å². The molecule has 0 amide bonds. The number of hydrogen-bond donors (Lipinski definition) is 0.